The minimum atomic E-state index is -0.673. The first-order chi connectivity index (χ1) is 10.6. The molecule has 1 aromatic rings. The number of rotatable bonds is 1. The number of fused-ring (bicyclic) bond motifs is 6. The van der Waals surface area contributed by atoms with E-state index < -0.39 is 17.4 Å². The van der Waals surface area contributed by atoms with E-state index >= 15 is 0 Å². The zero-order valence-corrected chi connectivity index (χ0v) is 11.8. The lowest BCUT2D eigenvalue weighted by molar-refractivity contribution is -0.126. The van der Waals surface area contributed by atoms with Crippen molar-refractivity contribution in [2.45, 2.75) is 18.6 Å². The van der Waals surface area contributed by atoms with E-state index in [4.69, 9.17) is 14.2 Å². The van der Waals surface area contributed by atoms with Gasteiger partial charge in [0.2, 0.25) is 18.6 Å². The molecule has 4 atom stereocenters. The number of imide groups is 1. The van der Waals surface area contributed by atoms with Crippen molar-refractivity contribution in [3.05, 3.63) is 30.4 Å². The smallest absolute Gasteiger partial charge is 0.241 e. The van der Waals surface area contributed by atoms with Crippen LogP contribution >= 0.6 is 0 Å². The summed E-state index contributed by atoms with van der Waals surface area (Å²) in [6.45, 7) is 2.02. The van der Waals surface area contributed by atoms with E-state index in [-0.39, 0.29) is 24.7 Å². The molecule has 4 aliphatic heterocycles. The molecule has 4 heterocycles. The van der Waals surface area contributed by atoms with Crippen LogP contribution in [0.2, 0.25) is 0 Å². The first-order valence-electron chi connectivity index (χ1n) is 7.23. The normalized spacial score (nSPS) is 37.3. The third-order valence-corrected chi connectivity index (χ3v) is 4.94. The number of carbonyl (C=O) groups is 2. The Kier molecular flexibility index (Phi) is 2.06. The molecule has 0 spiro atoms. The summed E-state index contributed by atoms with van der Waals surface area (Å²) in [6.07, 6.45) is 3.48. The average molecular weight is 299 g/mol. The third-order valence-electron chi connectivity index (χ3n) is 4.94. The van der Waals surface area contributed by atoms with Crippen LogP contribution in [0.3, 0.4) is 0 Å². The largest absolute Gasteiger partial charge is 0.454 e. The van der Waals surface area contributed by atoms with E-state index in [9.17, 15) is 9.59 Å². The van der Waals surface area contributed by atoms with Crippen LogP contribution in [0, 0.1) is 11.8 Å². The summed E-state index contributed by atoms with van der Waals surface area (Å²) >= 11 is 0. The third kappa shape index (κ3) is 1.29. The second-order valence-electron chi connectivity index (χ2n) is 6.18. The maximum atomic E-state index is 12.8. The van der Waals surface area contributed by atoms with Crippen LogP contribution in [-0.2, 0) is 14.3 Å². The van der Waals surface area contributed by atoms with Gasteiger partial charge in [0.05, 0.1) is 29.2 Å². The highest BCUT2D eigenvalue weighted by Crippen LogP contribution is 2.52. The number of anilines is 1. The minimum Gasteiger partial charge on any atom is -0.454 e. The Morgan fingerprint density at radius 3 is 2.82 bits per heavy atom. The van der Waals surface area contributed by atoms with Gasteiger partial charge in [0.15, 0.2) is 11.5 Å². The van der Waals surface area contributed by atoms with Crippen molar-refractivity contribution in [3.63, 3.8) is 0 Å². The fraction of sp³-hybridized carbons (Fsp3) is 0.375. The van der Waals surface area contributed by atoms with Gasteiger partial charge in [0, 0.05) is 6.07 Å². The fourth-order valence-electron chi connectivity index (χ4n) is 3.93. The van der Waals surface area contributed by atoms with Crippen molar-refractivity contribution in [2.24, 2.45) is 11.8 Å². The quantitative estimate of drug-likeness (QED) is 0.577. The molecule has 1 aromatic carbocycles. The van der Waals surface area contributed by atoms with Crippen LogP contribution in [0.1, 0.15) is 6.92 Å². The molecule has 0 aromatic heterocycles. The zero-order chi connectivity index (χ0) is 15.1. The predicted molar refractivity (Wildman–Crippen MR) is 74.5 cm³/mol. The van der Waals surface area contributed by atoms with Gasteiger partial charge in [-0.3, -0.25) is 9.59 Å². The molecule has 2 saturated heterocycles. The Morgan fingerprint density at radius 1 is 1.18 bits per heavy atom. The first-order valence-corrected chi connectivity index (χ1v) is 7.23. The molecule has 0 unspecified atom stereocenters. The van der Waals surface area contributed by atoms with Gasteiger partial charge >= 0.3 is 0 Å². The topological polar surface area (TPSA) is 65.1 Å². The SMILES string of the molecule is C[C@@]12C=C[C@@H](O1)[C@@H]1C(=O)N(c3ccc4c(c3)OCO4)C(=O)[C@H]12. The van der Waals surface area contributed by atoms with Crippen LogP contribution in [0.4, 0.5) is 5.69 Å². The molecule has 0 aliphatic carbocycles. The molecule has 6 heteroatoms. The van der Waals surface area contributed by atoms with Crippen molar-refractivity contribution in [3.8, 4) is 11.5 Å². The summed E-state index contributed by atoms with van der Waals surface area (Å²) in [6, 6.07) is 5.11. The molecule has 5 rings (SSSR count). The van der Waals surface area contributed by atoms with Crippen molar-refractivity contribution >= 4 is 17.5 Å². The molecule has 0 radical (unpaired) electrons. The molecule has 0 saturated carbocycles. The van der Waals surface area contributed by atoms with Crippen LogP contribution < -0.4 is 14.4 Å². The Hall–Kier alpha value is -2.34. The average Bonchev–Trinajstić information content (AvgIpc) is 3.20. The van der Waals surface area contributed by atoms with Gasteiger partial charge in [-0.15, -0.1) is 0 Å². The monoisotopic (exact) mass is 299 g/mol. The lowest BCUT2D eigenvalue weighted by Gasteiger charge is -2.24. The molecule has 4 aliphatic rings. The summed E-state index contributed by atoms with van der Waals surface area (Å²) in [5.74, 6) is -0.0951. The lowest BCUT2D eigenvalue weighted by Crippen LogP contribution is -2.38. The van der Waals surface area contributed by atoms with Gasteiger partial charge in [0.1, 0.15) is 0 Å². The molecular weight excluding hydrogens is 286 g/mol. The van der Waals surface area contributed by atoms with E-state index in [1.807, 2.05) is 19.1 Å². The van der Waals surface area contributed by atoms with E-state index in [1.165, 1.54) is 4.90 Å². The summed E-state index contributed by atoms with van der Waals surface area (Å²) < 4.78 is 16.4. The maximum Gasteiger partial charge on any atom is 0.241 e. The number of hydrogen-bond donors (Lipinski definition) is 0. The summed E-state index contributed by atoms with van der Waals surface area (Å²) in [7, 11) is 0. The molecular formula is C16H13NO5. The Balaban J connectivity index is 1.58. The minimum absolute atomic E-state index is 0.157. The maximum absolute atomic E-state index is 12.8. The molecule has 2 fully saturated rings. The van der Waals surface area contributed by atoms with Gasteiger partial charge in [-0.1, -0.05) is 12.2 Å². The van der Waals surface area contributed by atoms with Crippen molar-refractivity contribution < 1.29 is 23.8 Å². The van der Waals surface area contributed by atoms with Gasteiger partial charge in [-0.25, -0.2) is 4.90 Å². The van der Waals surface area contributed by atoms with E-state index in [0.29, 0.717) is 17.2 Å². The first kappa shape index (κ1) is 12.2. The summed E-state index contributed by atoms with van der Waals surface area (Å²) in [5, 5.41) is 0. The highest BCUT2D eigenvalue weighted by atomic mass is 16.7. The van der Waals surface area contributed by atoms with Crippen molar-refractivity contribution in [2.75, 3.05) is 11.7 Å². The van der Waals surface area contributed by atoms with Gasteiger partial charge in [0.25, 0.3) is 0 Å². The number of nitrogens with zero attached hydrogens (tertiary/aromatic N) is 1. The van der Waals surface area contributed by atoms with Crippen LogP contribution in [0.25, 0.3) is 0 Å². The second-order valence-corrected chi connectivity index (χ2v) is 6.18. The zero-order valence-electron chi connectivity index (χ0n) is 11.8. The van der Waals surface area contributed by atoms with E-state index in [0.717, 1.165) is 0 Å². The Morgan fingerprint density at radius 2 is 2.00 bits per heavy atom. The molecule has 2 amide bonds. The van der Waals surface area contributed by atoms with Gasteiger partial charge in [-0.2, -0.15) is 0 Å². The van der Waals surface area contributed by atoms with Crippen LogP contribution in [0.5, 0.6) is 11.5 Å². The standard InChI is InChI=1S/C16H13NO5/c1-16-5-4-10(22-16)12-13(16)15(19)17(14(12)18)8-2-3-9-11(6-8)21-7-20-9/h2-6,10,12-13H,7H2,1H3/t10-,12+,13+,16+/m1/s1. The van der Waals surface area contributed by atoms with E-state index in [2.05, 4.69) is 0 Å². The number of ether oxygens (including phenoxy) is 3. The summed E-state index contributed by atoms with van der Waals surface area (Å²) in [4.78, 5) is 26.8. The van der Waals surface area contributed by atoms with Crippen molar-refractivity contribution in [1.29, 1.82) is 0 Å². The Bertz CT molecular complexity index is 757. The Labute approximate surface area is 126 Å². The number of hydrogen-bond acceptors (Lipinski definition) is 5. The van der Waals surface area contributed by atoms with Crippen LogP contribution in [0.15, 0.2) is 30.4 Å². The summed E-state index contributed by atoms with van der Waals surface area (Å²) in [5.41, 5.74) is -0.149. The van der Waals surface area contributed by atoms with Crippen molar-refractivity contribution in [1.82, 2.24) is 0 Å². The highest BCUT2D eigenvalue weighted by Gasteiger charge is 2.66. The number of benzene rings is 1. The number of amides is 2. The predicted octanol–water partition coefficient (Wildman–Crippen LogP) is 1.25. The highest BCUT2D eigenvalue weighted by molar-refractivity contribution is 6.23. The molecule has 6 nitrogen and oxygen atoms in total. The van der Waals surface area contributed by atoms with Crippen LogP contribution in [-0.4, -0.2) is 30.3 Å². The molecule has 22 heavy (non-hydrogen) atoms. The molecule has 0 N–H and O–H groups in total. The fourth-order valence-corrected chi connectivity index (χ4v) is 3.93. The van der Waals surface area contributed by atoms with E-state index in [1.54, 1.807) is 18.2 Å². The second kappa shape index (κ2) is 3.70. The van der Waals surface area contributed by atoms with Gasteiger partial charge < -0.3 is 14.2 Å². The van der Waals surface area contributed by atoms with Gasteiger partial charge in [-0.05, 0) is 19.1 Å². The molecule has 112 valence electrons. The number of carbonyl (C=O) groups excluding carboxylic acids is 2. The lowest BCUT2D eigenvalue weighted by atomic mass is 9.78. The molecule has 2 bridgehead atoms.